The summed E-state index contributed by atoms with van der Waals surface area (Å²) in [5.41, 5.74) is -5.10. The lowest BCUT2D eigenvalue weighted by Crippen LogP contribution is -2.61. The van der Waals surface area contributed by atoms with Gasteiger partial charge < -0.3 is 15.5 Å². The molecule has 1 saturated heterocycles. The second kappa shape index (κ2) is 11.6. The molecule has 4 rings (SSSR count). The maximum atomic E-state index is 13.5. The van der Waals surface area contributed by atoms with Crippen molar-refractivity contribution in [2.24, 2.45) is 0 Å². The Labute approximate surface area is 229 Å². The van der Waals surface area contributed by atoms with Crippen LogP contribution in [-0.4, -0.2) is 35.4 Å². The Morgan fingerprint density at radius 3 is 2.02 bits per heavy atom. The van der Waals surface area contributed by atoms with E-state index in [0.29, 0.717) is 23.5 Å². The number of halogens is 7. The number of anilines is 2. The van der Waals surface area contributed by atoms with E-state index in [1.165, 1.54) is 30.3 Å². The van der Waals surface area contributed by atoms with Crippen LogP contribution in [0, 0.1) is 5.82 Å². The lowest BCUT2D eigenvalue weighted by atomic mass is 9.86. The van der Waals surface area contributed by atoms with Crippen molar-refractivity contribution in [3.63, 3.8) is 0 Å². The van der Waals surface area contributed by atoms with Gasteiger partial charge in [-0.3, -0.25) is 9.59 Å². The molecule has 0 atom stereocenters. The zero-order chi connectivity index (χ0) is 29.8. The fourth-order valence-corrected chi connectivity index (χ4v) is 4.37. The molecule has 0 unspecified atom stereocenters. The van der Waals surface area contributed by atoms with E-state index in [1.807, 2.05) is 4.90 Å². The Morgan fingerprint density at radius 2 is 1.49 bits per heavy atom. The summed E-state index contributed by atoms with van der Waals surface area (Å²) >= 11 is 0. The van der Waals surface area contributed by atoms with E-state index in [1.54, 1.807) is 24.4 Å². The Balaban J connectivity index is 1.61. The molecule has 0 saturated carbocycles. The van der Waals surface area contributed by atoms with Crippen molar-refractivity contribution in [2.45, 2.75) is 30.7 Å². The third-order valence-corrected chi connectivity index (χ3v) is 6.53. The highest BCUT2D eigenvalue weighted by atomic mass is 19.4. The van der Waals surface area contributed by atoms with Gasteiger partial charge in [-0.2, -0.15) is 26.3 Å². The predicted molar refractivity (Wildman–Crippen MR) is 137 cm³/mol. The number of nitrogens with zero attached hydrogens (tertiary/aromatic N) is 2. The molecule has 0 spiro atoms. The summed E-state index contributed by atoms with van der Waals surface area (Å²) in [5, 5.41) is 4.76. The highest BCUT2D eigenvalue weighted by Crippen LogP contribution is 2.38. The molecule has 0 radical (unpaired) electrons. The van der Waals surface area contributed by atoms with Gasteiger partial charge in [-0.25, -0.2) is 9.37 Å². The van der Waals surface area contributed by atoms with Gasteiger partial charge >= 0.3 is 12.4 Å². The first-order valence-corrected chi connectivity index (χ1v) is 12.3. The average molecular weight is 581 g/mol. The van der Waals surface area contributed by atoms with Crippen molar-refractivity contribution in [1.29, 1.82) is 0 Å². The minimum atomic E-state index is -5.11. The van der Waals surface area contributed by atoms with Gasteiger partial charge in [-0.05, 0) is 66.9 Å². The number of rotatable bonds is 6. The summed E-state index contributed by atoms with van der Waals surface area (Å²) < 4.78 is 93.3. The van der Waals surface area contributed by atoms with Crippen LogP contribution in [0.1, 0.15) is 29.5 Å². The number of piperidine rings is 1. The Morgan fingerprint density at radius 1 is 0.878 bits per heavy atom. The van der Waals surface area contributed by atoms with E-state index >= 15 is 0 Å². The first-order valence-electron chi connectivity index (χ1n) is 12.3. The van der Waals surface area contributed by atoms with Crippen LogP contribution in [0.25, 0.3) is 6.08 Å². The number of hydrogen-bond donors (Lipinski definition) is 2. The molecule has 1 aliphatic heterocycles. The smallest absolute Gasteiger partial charge is 0.356 e. The molecule has 2 N–H and O–H groups in total. The van der Waals surface area contributed by atoms with Crippen molar-refractivity contribution in [1.82, 2.24) is 10.3 Å². The molecule has 1 aliphatic rings. The summed E-state index contributed by atoms with van der Waals surface area (Å²) in [4.78, 5) is 32.5. The SMILES string of the molecule is O=C(C=Cc1ccc(F)cc1)NC1(C(=O)Nc2cc(C(F)(F)F)cc(C(F)(F)F)c2)CCN(c2ccccn2)CC1. The van der Waals surface area contributed by atoms with Crippen molar-refractivity contribution in [2.75, 3.05) is 23.3 Å². The number of hydrogen-bond acceptors (Lipinski definition) is 4. The third kappa shape index (κ3) is 7.41. The lowest BCUT2D eigenvalue weighted by Gasteiger charge is -2.41. The third-order valence-electron chi connectivity index (χ3n) is 6.53. The molecule has 2 heterocycles. The van der Waals surface area contributed by atoms with Gasteiger partial charge in [-0.15, -0.1) is 0 Å². The van der Waals surface area contributed by atoms with E-state index in [2.05, 4.69) is 15.6 Å². The Hall–Kier alpha value is -4.42. The first kappa shape index (κ1) is 29.6. The Kier molecular flexibility index (Phi) is 8.36. The van der Waals surface area contributed by atoms with Gasteiger partial charge in [0.2, 0.25) is 11.8 Å². The van der Waals surface area contributed by atoms with E-state index < -0.39 is 52.3 Å². The summed E-state index contributed by atoms with van der Waals surface area (Å²) in [5.74, 6) is -1.60. The molecule has 216 valence electrons. The molecule has 3 aromatic rings. The van der Waals surface area contributed by atoms with Crippen LogP contribution in [0.3, 0.4) is 0 Å². The normalized spacial score (nSPS) is 15.5. The van der Waals surface area contributed by atoms with Crippen molar-refractivity contribution < 1.29 is 40.3 Å². The second-order valence-electron chi connectivity index (χ2n) is 9.38. The van der Waals surface area contributed by atoms with Gasteiger partial charge in [0.05, 0.1) is 11.1 Å². The van der Waals surface area contributed by atoms with E-state index in [-0.39, 0.29) is 32.0 Å². The fraction of sp³-hybridized carbons (Fsp3) is 0.250. The lowest BCUT2D eigenvalue weighted by molar-refractivity contribution is -0.143. The standard InChI is InChI=1S/C28H23F7N4O2/c29-21-7-4-18(5-8-21)6-9-24(40)38-26(10-13-39(14-11-26)23-3-1-2-12-36-23)25(41)37-22-16-19(27(30,31)32)15-20(17-22)28(33,34)35/h1-9,12,15-17H,10-11,13-14H2,(H,37,41)(H,38,40). The highest BCUT2D eigenvalue weighted by molar-refractivity contribution is 6.03. The quantitative estimate of drug-likeness (QED) is 0.275. The van der Waals surface area contributed by atoms with Gasteiger partial charge in [0, 0.05) is 31.0 Å². The number of nitrogens with one attached hydrogen (secondary N) is 2. The molecule has 6 nitrogen and oxygen atoms in total. The number of aromatic nitrogens is 1. The second-order valence-corrected chi connectivity index (χ2v) is 9.38. The molecule has 41 heavy (non-hydrogen) atoms. The number of carbonyl (C=O) groups is 2. The molecule has 13 heteroatoms. The largest absolute Gasteiger partial charge is 0.416 e. The number of alkyl halides is 6. The molecular formula is C28H23F7N4O2. The van der Waals surface area contributed by atoms with Crippen LogP contribution >= 0.6 is 0 Å². The minimum Gasteiger partial charge on any atom is -0.356 e. The molecule has 1 fully saturated rings. The highest BCUT2D eigenvalue weighted by Gasteiger charge is 2.43. The van der Waals surface area contributed by atoms with Crippen molar-refractivity contribution in [3.8, 4) is 0 Å². The van der Waals surface area contributed by atoms with Gasteiger partial charge in [0.15, 0.2) is 0 Å². The molecule has 0 bridgehead atoms. The van der Waals surface area contributed by atoms with E-state index in [0.717, 1.165) is 6.08 Å². The van der Waals surface area contributed by atoms with Crippen LogP contribution in [-0.2, 0) is 21.9 Å². The van der Waals surface area contributed by atoms with E-state index in [9.17, 15) is 40.3 Å². The van der Waals surface area contributed by atoms with Crippen LogP contribution in [0.5, 0.6) is 0 Å². The average Bonchev–Trinajstić information content (AvgIpc) is 2.92. The van der Waals surface area contributed by atoms with Crippen LogP contribution in [0.4, 0.5) is 42.2 Å². The fourth-order valence-electron chi connectivity index (χ4n) is 4.37. The number of pyridine rings is 1. The molecule has 2 amide bonds. The van der Waals surface area contributed by atoms with Crippen molar-refractivity contribution in [3.05, 3.63) is 95.4 Å². The first-order chi connectivity index (χ1) is 19.2. The molecule has 1 aromatic heterocycles. The number of benzene rings is 2. The van der Waals surface area contributed by atoms with Gasteiger partial charge in [-0.1, -0.05) is 18.2 Å². The van der Waals surface area contributed by atoms with Crippen molar-refractivity contribution >= 4 is 29.4 Å². The maximum Gasteiger partial charge on any atom is 0.416 e. The van der Waals surface area contributed by atoms with E-state index in [4.69, 9.17) is 0 Å². The zero-order valence-electron chi connectivity index (χ0n) is 21.2. The zero-order valence-corrected chi connectivity index (χ0v) is 21.2. The summed E-state index contributed by atoms with van der Waals surface area (Å²) in [6.07, 6.45) is -6.24. The van der Waals surface area contributed by atoms with Crippen LogP contribution < -0.4 is 15.5 Å². The van der Waals surface area contributed by atoms with Gasteiger partial charge in [0.1, 0.15) is 17.2 Å². The molecule has 2 aromatic carbocycles. The summed E-state index contributed by atoms with van der Waals surface area (Å²) in [7, 11) is 0. The summed E-state index contributed by atoms with van der Waals surface area (Å²) in [6.45, 7) is 0.394. The van der Waals surface area contributed by atoms with Gasteiger partial charge in [0.25, 0.3) is 0 Å². The topological polar surface area (TPSA) is 74.3 Å². The predicted octanol–water partition coefficient (Wildman–Crippen LogP) is 6.07. The minimum absolute atomic E-state index is 0.0311. The summed E-state index contributed by atoms with van der Waals surface area (Å²) in [6, 6.07) is 11.2. The number of amides is 2. The van der Waals surface area contributed by atoms with Crippen LogP contribution in [0.2, 0.25) is 0 Å². The molecular weight excluding hydrogens is 557 g/mol. The monoisotopic (exact) mass is 580 g/mol. The molecule has 0 aliphatic carbocycles. The maximum absolute atomic E-state index is 13.5. The number of carbonyl (C=O) groups excluding carboxylic acids is 2. The van der Waals surface area contributed by atoms with Crippen LogP contribution in [0.15, 0.2) is 72.9 Å². The Bertz CT molecular complexity index is 1380.